The summed E-state index contributed by atoms with van der Waals surface area (Å²) in [7, 11) is 0. The molecule has 14 heavy (non-hydrogen) atoms. The van der Waals surface area contributed by atoms with Gasteiger partial charge in [0.1, 0.15) is 0 Å². The van der Waals surface area contributed by atoms with Crippen LogP contribution in [0.15, 0.2) is 37.4 Å². The minimum absolute atomic E-state index is 1.18. The molecule has 0 radical (unpaired) electrons. The van der Waals surface area contributed by atoms with Gasteiger partial charge in [0.25, 0.3) is 0 Å². The van der Waals surface area contributed by atoms with Gasteiger partial charge in [-0.05, 0) is 41.2 Å². The Bertz CT molecular complexity index is 408. The van der Waals surface area contributed by atoms with E-state index in [-0.39, 0.29) is 0 Å². The summed E-state index contributed by atoms with van der Waals surface area (Å²) >= 11 is 0. The Morgan fingerprint density at radius 2 is 1.93 bits per heavy atom. The summed E-state index contributed by atoms with van der Waals surface area (Å²) < 4.78 is 0. The van der Waals surface area contributed by atoms with Crippen LogP contribution in [0.2, 0.25) is 0 Å². The molecule has 0 heteroatoms. The van der Waals surface area contributed by atoms with Gasteiger partial charge in [-0.2, -0.15) is 0 Å². The van der Waals surface area contributed by atoms with Crippen molar-refractivity contribution in [1.29, 1.82) is 0 Å². The van der Waals surface area contributed by atoms with Crippen LogP contribution in [0.1, 0.15) is 29.5 Å². The molecule has 0 spiro atoms. The van der Waals surface area contributed by atoms with Gasteiger partial charge >= 0.3 is 0 Å². The molecule has 1 aromatic carbocycles. The fourth-order valence-corrected chi connectivity index (χ4v) is 1.69. The van der Waals surface area contributed by atoms with Gasteiger partial charge in [0, 0.05) is 0 Å². The lowest BCUT2D eigenvalue weighted by Crippen LogP contribution is -1.96. The van der Waals surface area contributed by atoms with Crippen molar-refractivity contribution in [3.63, 3.8) is 0 Å². The zero-order chi connectivity index (χ0) is 9.97. The fraction of sp³-hybridized carbons (Fsp3) is 0.143. The van der Waals surface area contributed by atoms with Crippen molar-refractivity contribution in [3.05, 3.63) is 54.1 Å². The predicted octanol–water partition coefficient (Wildman–Crippen LogP) is 4.15. The molecule has 0 heterocycles. The zero-order valence-electron chi connectivity index (χ0n) is 8.29. The van der Waals surface area contributed by atoms with Crippen LogP contribution < -0.4 is 0 Å². The number of allylic oxidation sites excluding steroid dienone is 2. The number of hydrogen-bond donors (Lipinski definition) is 0. The van der Waals surface area contributed by atoms with Gasteiger partial charge in [0.05, 0.1) is 0 Å². The van der Waals surface area contributed by atoms with Crippen LogP contribution in [0.5, 0.6) is 0 Å². The molecule has 0 fully saturated rings. The average Bonchev–Trinajstić information content (AvgIpc) is 2.15. The molecule has 2 rings (SSSR count). The second kappa shape index (κ2) is 3.67. The molecule has 1 aromatic rings. The van der Waals surface area contributed by atoms with Gasteiger partial charge in [0.2, 0.25) is 0 Å². The highest BCUT2D eigenvalue weighted by molar-refractivity contribution is 5.78. The van der Waals surface area contributed by atoms with Crippen LogP contribution in [-0.2, 0) is 0 Å². The van der Waals surface area contributed by atoms with Crippen molar-refractivity contribution in [2.45, 2.75) is 12.8 Å². The summed E-state index contributed by atoms with van der Waals surface area (Å²) in [5.41, 5.74) is 5.17. The number of hydrogen-bond acceptors (Lipinski definition) is 0. The maximum absolute atomic E-state index is 3.83. The Kier molecular flexibility index (Phi) is 2.36. The fourth-order valence-electron chi connectivity index (χ4n) is 1.69. The molecule has 0 unspecified atom stereocenters. The second-order valence-electron chi connectivity index (χ2n) is 3.52. The second-order valence-corrected chi connectivity index (χ2v) is 3.52. The van der Waals surface area contributed by atoms with Crippen LogP contribution in [-0.4, -0.2) is 0 Å². The van der Waals surface area contributed by atoms with E-state index in [0.29, 0.717) is 0 Å². The normalized spacial score (nSPS) is 14.1. The molecule has 0 N–H and O–H groups in total. The number of benzene rings is 1. The monoisotopic (exact) mass is 182 g/mol. The molecule has 0 saturated carbocycles. The smallest absolute Gasteiger partial charge is 0.0149 e. The molecule has 0 atom stereocenters. The van der Waals surface area contributed by atoms with E-state index in [1.54, 1.807) is 0 Å². The van der Waals surface area contributed by atoms with Crippen molar-refractivity contribution >= 4 is 17.7 Å². The van der Waals surface area contributed by atoms with E-state index < -0.39 is 0 Å². The van der Waals surface area contributed by atoms with Gasteiger partial charge in [0.15, 0.2) is 0 Å². The predicted molar refractivity (Wildman–Crippen MR) is 63.8 cm³/mol. The third-order valence-electron chi connectivity index (χ3n) is 2.68. The lowest BCUT2D eigenvalue weighted by Gasteiger charge is -2.17. The first-order valence-corrected chi connectivity index (χ1v) is 4.93. The van der Waals surface area contributed by atoms with Gasteiger partial charge in [-0.15, -0.1) is 0 Å². The van der Waals surface area contributed by atoms with Gasteiger partial charge in [-0.3, -0.25) is 0 Å². The van der Waals surface area contributed by atoms with Gasteiger partial charge in [-0.1, -0.05) is 43.5 Å². The van der Waals surface area contributed by atoms with Crippen LogP contribution in [0.4, 0.5) is 0 Å². The van der Waals surface area contributed by atoms with Crippen LogP contribution in [0.3, 0.4) is 0 Å². The SMILES string of the molecule is C=Cc1ccc(C=C)c(C2=CCC2)c1. The van der Waals surface area contributed by atoms with Crippen LogP contribution in [0, 0.1) is 0 Å². The maximum atomic E-state index is 3.83. The molecule has 0 aromatic heterocycles. The first-order valence-electron chi connectivity index (χ1n) is 4.93. The van der Waals surface area contributed by atoms with Crippen molar-refractivity contribution < 1.29 is 0 Å². The van der Waals surface area contributed by atoms with E-state index in [2.05, 4.69) is 37.4 Å². The highest BCUT2D eigenvalue weighted by atomic mass is 14.2. The molecule has 70 valence electrons. The largest absolute Gasteiger partial charge is 0.0985 e. The van der Waals surface area contributed by atoms with Crippen molar-refractivity contribution in [1.82, 2.24) is 0 Å². The Hall–Kier alpha value is -1.56. The van der Waals surface area contributed by atoms with E-state index in [1.165, 1.54) is 35.1 Å². The summed E-state index contributed by atoms with van der Waals surface area (Å²) in [4.78, 5) is 0. The Balaban J connectivity index is 2.52. The molecule has 0 nitrogen and oxygen atoms in total. The molecular formula is C14H14. The first kappa shape index (κ1) is 9.01. The lowest BCUT2D eigenvalue weighted by molar-refractivity contribution is 0.987. The summed E-state index contributed by atoms with van der Waals surface area (Å²) in [6.45, 7) is 7.62. The standard InChI is InChI=1S/C14H14/c1-3-11-8-9-12(4-2)14(10-11)13-6-5-7-13/h3-4,6,8-10H,1-2,5,7H2. The van der Waals surface area contributed by atoms with E-state index >= 15 is 0 Å². The van der Waals surface area contributed by atoms with E-state index in [4.69, 9.17) is 0 Å². The third kappa shape index (κ3) is 1.44. The summed E-state index contributed by atoms with van der Waals surface area (Å²) in [6.07, 6.45) is 8.50. The highest BCUT2D eigenvalue weighted by Gasteiger charge is 2.11. The zero-order valence-corrected chi connectivity index (χ0v) is 8.29. The third-order valence-corrected chi connectivity index (χ3v) is 2.68. The maximum Gasteiger partial charge on any atom is -0.0149 e. The Morgan fingerprint density at radius 1 is 1.14 bits per heavy atom. The summed E-state index contributed by atoms with van der Waals surface area (Å²) in [6, 6.07) is 6.38. The first-order chi connectivity index (χ1) is 6.85. The van der Waals surface area contributed by atoms with Gasteiger partial charge < -0.3 is 0 Å². The molecule has 0 amide bonds. The quantitative estimate of drug-likeness (QED) is 0.658. The van der Waals surface area contributed by atoms with Crippen LogP contribution >= 0.6 is 0 Å². The average molecular weight is 182 g/mol. The molecule has 1 aliphatic carbocycles. The highest BCUT2D eigenvalue weighted by Crippen LogP contribution is 2.32. The Morgan fingerprint density at radius 3 is 2.43 bits per heavy atom. The number of rotatable bonds is 3. The molecule has 0 bridgehead atoms. The topological polar surface area (TPSA) is 0 Å². The van der Waals surface area contributed by atoms with E-state index in [1.807, 2.05) is 12.2 Å². The minimum Gasteiger partial charge on any atom is -0.0985 e. The van der Waals surface area contributed by atoms with Crippen LogP contribution in [0.25, 0.3) is 17.7 Å². The molecule has 0 saturated heterocycles. The van der Waals surface area contributed by atoms with E-state index in [0.717, 1.165) is 0 Å². The molecule has 1 aliphatic rings. The summed E-state index contributed by atoms with van der Waals surface area (Å²) in [5, 5.41) is 0. The van der Waals surface area contributed by atoms with Crippen molar-refractivity contribution in [3.8, 4) is 0 Å². The minimum atomic E-state index is 1.18. The van der Waals surface area contributed by atoms with E-state index in [9.17, 15) is 0 Å². The summed E-state index contributed by atoms with van der Waals surface area (Å²) in [5.74, 6) is 0. The lowest BCUT2D eigenvalue weighted by atomic mass is 9.88. The Labute approximate surface area is 85.3 Å². The van der Waals surface area contributed by atoms with Crippen molar-refractivity contribution in [2.24, 2.45) is 0 Å². The molecule has 0 aliphatic heterocycles. The molecular weight excluding hydrogens is 168 g/mol. The van der Waals surface area contributed by atoms with Gasteiger partial charge in [-0.25, -0.2) is 0 Å². The van der Waals surface area contributed by atoms with Crippen molar-refractivity contribution in [2.75, 3.05) is 0 Å².